The minimum absolute atomic E-state index is 0.0808. The van der Waals surface area contributed by atoms with Crippen LogP contribution >= 0.6 is 11.8 Å². The quantitative estimate of drug-likeness (QED) is 0.621. The number of aliphatic hydroxyl groups is 2. The summed E-state index contributed by atoms with van der Waals surface area (Å²) in [5.74, 6) is 0. The third-order valence-corrected chi connectivity index (χ3v) is 4.24. The van der Waals surface area contributed by atoms with Gasteiger partial charge in [-0.2, -0.15) is 13.2 Å². The van der Waals surface area contributed by atoms with E-state index in [1.54, 1.807) is 6.92 Å². The molecule has 0 aromatic heterocycles. The Labute approximate surface area is 132 Å². The van der Waals surface area contributed by atoms with Crippen LogP contribution in [0.25, 0.3) is 0 Å². The van der Waals surface area contributed by atoms with Gasteiger partial charge in [-0.1, -0.05) is 11.8 Å². The van der Waals surface area contributed by atoms with E-state index in [1.807, 2.05) is 0 Å². The zero-order valence-electron chi connectivity index (χ0n) is 11.7. The molecule has 0 saturated carbocycles. The molecule has 2 aliphatic heterocycles. The molecule has 0 bridgehead atoms. The lowest BCUT2D eigenvalue weighted by molar-refractivity contribution is -0.267. The molecule has 0 aromatic carbocycles. The van der Waals surface area contributed by atoms with E-state index in [0.717, 1.165) is 0 Å². The van der Waals surface area contributed by atoms with Gasteiger partial charge in [-0.25, -0.2) is 9.18 Å². The van der Waals surface area contributed by atoms with Crippen molar-refractivity contribution in [1.29, 1.82) is 0 Å². The van der Waals surface area contributed by atoms with Crippen molar-refractivity contribution < 1.29 is 42.0 Å². The number of amidine groups is 1. The second-order valence-corrected chi connectivity index (χ2v) is 5.87. The van der Waals surface area contributed by atoms with Crippen molar-refractivity contribution in [2.45, 2.75) is 49.1 Å². The van der Waals surface area contributed by atoms with Gasteiger partial charge in [0.2, 0.25) is 0 Å². The number of carbonyl (C=O) groups excluding carboxylic acids is 1. The lowest BCUT2D eigenvalue weighted by Crippen LogP contribution is -2.59. The fourth-order valence-electron chi connectivity index (χ4n) is 2.12. The van der Waals surface area contributed by atoms with Crippen molar-refractivity contribution in [2.24, 2.45) is 4.99 Å². The maximum Gasteiger partial charge on any atom is 0.417 e. The second kappa shape index (κ2) is 6.79. The molecule has 0 spiro atoms. The summed E-state index contributed by atoms with van der Waals surface area (Å²) < 4.78 is 61.3. The van der Waals surface area contributed by atoms with Crippen molar-refractivity contribution in [3.8, 4) is 0 Å². The first kappa shape index (κ1) is 18.2. The number of fused-ring (bicyclic) bond motifs is 1. The van der Waals surface area contributed by atoms with Crippen LogP contribution in [-0.2, 0) is 9.47 Å². The van der Waals surface area contributed by atoms with Crippen LogP contribution in [0.2, 0.25) is 0 Å². The lowest BCUT2D eigenvalue weighted by Gasteiger charge is -2.39. The van der Waals surface area contributed by atoms with E-state index < -0.39 is 48.2 Å². The zero-order chi connectivity index (χ0) is 17.4. The number of aliphatic imine (C=N–C) groups is 1. The Bertz CT molecular complexity index is 492. The number of carbonyl (C=O) groups is 1. The summed E-state index contributed by atoms with van der Waals surface area (Å²) >= 11 is 0.673. The molecule has 23 heavy (non-hydrogen) atoms. The molecule has 1 saturated heterocycles. The molecule has 0 unspecified atom stereocenters. The van der Waals surface area contributed by atoms with Gasteiger partial charge in [-0.05, 0) is 6.92 Å². The van der Waals surface area contributed by atoms with Crippen molar-refractivity contribution in [3.05, 3.63) is 0 Å². The Balaban J connectivity index is 2.07. The van der Waals surface area contributed by atoms with Crippen molar-refractivity contribution in [2.75, 3.05) is 6.61 Å². The fourth-order valence-corrected chi connectivity index (χ4v) is 3.20. The standard InChI is InChI=1S/C11H14F4N2O5S/c1-2-21-10(20)17-9-16-4-3(12)5(18)6(22-8(4)23-9)7(19)11(13,14)15/h3-8,18-19H,2H2,1H3,(H,16,17,20)/t3-,4+,5-,6-,7+,8+/m0/s1. The second-order valence-electron chi connectivity index (χ2n) is 4.78. The molecule has 12 heteroatoms. The van der Waals surface area contributed by atoms with Crippen LogP contribution in [0, 0.1) is 0 Å². The van der Waals surface area contributed by atoms with Crippen molar-refractivity contribution in [1.82, 2.24) is 5.32 Å². The molecule has 2 heterocycles. The number of thioether (sulfide) groups is 1. The SMILES string of the molecule is CCOC(=O)NC1=N[C@@H]2[C@H](F)[C@H](O)[C@@H]([C@@H](O)C(F)(F)F)O[C@@H]2S1. The average Bonchev–Trinajstić information content (AvgIpc) is 2.84. The molecule has 0 aromatic rings. The number of hydrogen-bond donors (Lipinski definition) is 3. The van der Waals surface area contributed by atoms with Crippen LogP contribution in [0.3, 0.4) is 0 Å². The molecule has 6 atom stereocenters. The van der Waals surface area contributed by atoms with Gasteiger partial charge in [0.25, 0.3) is 0 Å². The Hall–Kier alpha value is -1.11. The normalized spacial score (nSPS) is 35.3. The van der Waals surface area contributed by atoms with Crippen molar-refractivity contribution >= 4 is 23.0 Å². The van der Waals surface area contributed by atoms with Crippen LogP contribution in [0.4, 0.5) is 22.4 Å². The van der Waals surface area contributed by atoms with Gasteiger partial charge >= 0.3 is 12.3 Å². The predicted molar refractivity (Wildman–Crippen MR) is 70.6 cm³/mol. The van der Waals surface area contributed by atoms with E-state index in [0.29, 0.717) is 11.8 Å². The Morgan fingerprint density at radius 2 is 2.22 bits per heavy atom. The number of hydrogen-bond acceptors (Lipinski definition) is 7. The highest BCUT2D eigenvalue weighted by Gasteiger charge is 2.56. The van der Waals surface area contributed by atoms with E-state index in [1.165, 1.54) is 0 Å². The third kappa shape index (κ3) is 3.87. The first-order chi connectivity index (χ1) is 10.6. The smallest absolute Gasteiger partial charge is 0.417 e. The number of alkyl halides is 4. The van der Waals surface area contributed by atoms with Gasteiger partial charge in [-0.15, -0.1) is 0 Å². The molecule has 0 radical (unpaired) electrons. The van der Waals surface area contributed by atoms with Gasteiger partial charge < -0.3 is 19.7 Å². The first-order valence-corrected chi connectivity index (χ1v) is 7.43. The van der Waals surface area contributed by atoms with Crippen molar-refractivity contribution in [3.63, 3.8) is 0 Å². The Kier molecular flexibility index (Phi) is 5.38. The Morgan fingerprint density at radius 1 is 1.57 bits per heavy atom. The number of nitrogens with one attached hydrogen (secondary N) is 1. The fraction of sp³-hybridized carbons (Fsp3) is 0.818. The molecule has 2 rings (SSSR count). The largest absolute Gasteiger partial charge is 0.450 e. The Morgan fingerprint density at radius 3 is 2.78 bits per heavy atom. The summed E-state index contributed by atoms with van der Waals surface area (Å²) in [6.45, 7) is 1.64. The minimum Gasteiger partial charge on any atom is -0.450 e. The monoisotopic (exact) mass is 362 g/mol. The number of aliphatic hydroxyl groups excluding tert-OH is 2. The van der Waals surface area contributed by atoms with E-state index in [-0.39, 0.29) is 11.8 Å². The van der Waals surface area contributed by atoms with E-state index in [4.69, 9.17) is 4.74 Å². The summed E-state index contributed by atoms with van der Waals surface area (Å²) in [5, 5.41) is 20.9. The van der Waals surface area contributed by atoms with E-state index in [2.05, 4.69) is 15.0 Å². The first-order valence-electron chi connectivity index (χ1n) is 6.55. The molecular formula is C11H14F4N2O5S. The number of halogens is 4. The lowest BCUT2D eigenvalue weighted by atomic mass is 9.96. The van der Waals surface area contributed by atoms with Crippen LogP contribution in [0.1, 0.15) is 6.92 Å². The summed E-state index contributed by atoms with van der Waals surface area (Å²) in [7, 11) is 0. The summed E-state index contributed by atoms with van der Waals surface area (Å²) in [5.41, 5.74) is -1.22. The number of rotatable bonds is 2. The topological polar surface area (TPSA) is 100 Å². The third-order valence-electron chi connectivity index (χ3n) is 3.18. The summed E-state index contributed by atoms with van der Waals surface area (Å²) in [6, 6.07) is -1.30. The van der Waals surface area contributed by atoms with Crippen LogP contribution in [-0.4, -0.2) is 70.2 Å². The van der Waals surface area contributed by atoms with E-state index in [9.17, 15) is 32.6 Å². The van der Waals surface area contributed by atoms with Gasteiger partial charge in [-0.3, -0.25) is 10.3 Å². The van der Waals surface area contributed by atoms with Gasteiger partial charge in [0.05, 0.1) is 6.61 Å². The highest BCUT2D eigenvalue weighted by molar-refractivity contribution is 8.14. The highest BCUT2D eigenvalue weighted by Crippen LogP contribution is 2.40. The molecule has 2 aliphatic rings. The number of nitrogens with zero attached hydrogens (tertiary/aromatic N) is 1. The number of ether oxygens (including phenoxy) is 2. The molecule has 1 amide bonds. The molecule has 1 fully saturated rings. The van der Waals surface area contributed by atoms with Gasteiger partial charge in [0, 0.05) is 0 Å². The van der Waals surface area contributed by atoms with Crippen LogP contribution in [0.15, 0.2) is 4.99 Å². The molecule has 3 N–H and O–H groups in total. The highest BCUT2D eigenvalue weighted by atomic mass is 32.2. The summed E-state index contributed by atoms with van der Waals surface area (Å²) in [6.07, 6.45) is -15.6. The number of alkyl carbamates (subject to hydrolysis) is 1. The maximum absolute atomic E-state index is 14.1. The molecule has 0 aliphatic carbocycles. The van der Waals surface area contributed by atoms with Gasteiger partial charge in [0.15, 0.2) is 17.4 Å². The average molecular weight is 362 g/mol. The zero-order valence-corrected chi connectivity index (χ0v) is 12.5. The maximum atomic E-state index is 14.1. The summed E-state index contributed by atoms with van der Waals surface area (Å²) in [4.78, 5) is 15.0. The predicted octanol–water partition coefficient (Wildman–Crippen LogP) is 0.551. The number of amides is 1. The van der Waals surface area contributed by atoms with E-state index >= 15 is 0 Å². The minimum atomic E-state index is -5.08. The molecule has 132 valence electrons. The van der Waals surface area contributed by atoms with Crippen LogP contribution in [0.5, 0.6) is 0 Å². The molecular weight excluding hydrogens is 348 g/mol. The molecule has 7 nitrogen and oxygen atoms in total. The van der Waals surface area contributed by atoms with Crippen LogP contribution < -0.4 is 5.32 Å². The van der Waals surface area contributed by atoms with Gasteiger partial charge in [0.1, 0.15) is 23.7 Å².